The van der Waals surface area contributed by atoms with Gasteiger partial charge in [0.25, 0.3) is 5.91 Å². The third-order valence-corrected chi connectivity index (χ3v) is 10.6. The molecule has 0 unspecified atom stereocenters. The van der Waals surface area contributed by atoms with Crippen LogP contribution in [0, 0.1) is 0 Å². The average Bonchev–Trinajstić information content (AvgIpc) is 4.06. The Morgan fingerprint density at radius 3 is 2.02 bits per heavy atom. The topological polar surface area (TPSA) is 304 Å². The standard InChI is InChI=1S/C44H53N13O6/c1-26(52-42(61)37(20-28-22-49-33-15-7-5-13-30(28)33)54-41(60)32(46)21-29-23-48-25-51-29)40(59)56-57(38-24-50-34-16-8-6-14-31(34)38)44(63)55-36(19-27-11-3-2-4-12-27)43(62)53-35(39(47)58)17-9-10-18-45/h2-8,11-16,22-26,32,35-37,49-50H,9-10,17-21,45-46H2,1H3,(H2,47,58)(H,48,51)(H,52,61)(H,53,62)(H,54,60)(H,55,63)(H,56,59)/t26-,32-,35-,36+,37+/m0/s1. The fourth-order valence-corrected chi connectivity index (χ4v) is 7.11. The van der Waals surface area contributed by atoms with Crippen LogP contribution in [0.15, 0.2) is 104 Å². The zero-order valence-electron chi connectivity index (χ0n) is 34.7. The van der Waals surface area contributed by atoms with Crippen molar-refractivity contribution in [3.05, 3.63) is 121 Å². The lowest BCUT2D eigenvalue weighted by Crippen LogP contribution is -2.61. The van der Waals surface area contributed by atoms with E-state index in [1.165, 1.54) is 19.4 Å². The Hall–Kier alpha value is -7.51. The highest BCUT2D eigenvalue weighted by Crippen LogP contribution is 2.26. The minimum absolute atomic E-state index is 0.0178. The van der Waals surface area contributed by atoms with Crippen molar-refractivity contribution < 1.29 is 28.8 Å². The summed E-state index contributed by atoms with van der Waals surface area (Å²) in [6.45, 7) is 1.82. The van der Waals surface area contributed by atoms with E-state index in [2.05, 4.69) is 46.6 Å². The Morgan fingerprint density at radius 1 is 0.683 bits per heavy atom. The maximum atomic E-state index is 14.4. The molecule has 0 radical (unpaired) electrons. The number of nitrogens with two attached hydrogens (primary N) is 3. The zero-order chi connectivity index (χ0) is 44.9. The van der Waals surface area contributed by atoms with E-state index >= 15 is 0 Å². The fraction of sp³-hybridized carbons (Fsp3) is 0.295. The molecule has 0 spiro atoms. The molecule has 0 saturated carbocycles. The van der Waals surface area contributed by atoms with Gasteiger partial charge in [0.1, 0.15) is 24.2 Å². The van der Waals surface area contributed by atoms with E-state index in [0.29, 0.717) is 41.5 Å². The van der Waals surface area contributed by atoms with Crippen molar-refractivity contribution in [1.82, 2.24) is 46.6 Å². The molecule has 3 heterocycles. The van der Waals surface area contributed by atoms with Gasteiger partial charge in [-0.1, -0.05) is 66.7 Å². The minimum atomic E-state index is -1.27. The van der Waals surface area contributed by atoms with Gasteiger partial charge in [0, 0.05) is 65.4 Å². The van der Waals surface area contributed by atoms with Crippen molar-refractivity contribution in [2.75, 3.05) is 11.6 Å². The Balaban J connectivity index is 1.23. The maximum Gasteiger partial charge on any atom is 0.341 e. The van der Waals surface area contributed by atoms with Gasteiger partial charge in [0.05, 0.1) is 18.1 Å². The number of unbranched alkanes of at least 4 members (excludes halogenated alkanes) is 1. The summed E-state index contributed by atoms with van der Waals surface area (Å²) in [6, 6.07) is 16.8. The molecular weight excluding hydrogens is 807 g/mol. The quantitative estimate of drug-likeness (QED) is 0.0390. The van der Waals surface area contributed by atoms with E-state index in [1.54, 1.807) is 60.9 Å². The molecular formula is C44H53N13O6. The monoisotopic (exact) mass is 859 g/mol. The lowest BCUT2D eigenvalue weighted by molar-refractivity contribution is -0.132. The van der Waals surface area contributed by atoms with E-state index in [-0.39, 0.29) is 31.4 Å². The number of fused-ring (bicyclic) bond motifs is 2. The van der Waals surface area contributed by atoms with Gasteiger partial charge in [0.2, 0.25) is 23.6 Å². The second-order valence-corrected chi connectivity index (χ2v) is 15.2. The number of H-pyrrole nitrogens is 3. The van der Waals surface area contributed by atoms with Gasteiger partial charge in [-0.05, 0) is 56.0 Å². The number of anilines is 1. The van der Waals surface area contributed by atoms with Crippen molar-refractivity contribution in [3.63, 3.8) is 0 Å². The SMILES string of the molecule is C[C@H](NC(=O)[C@@H](Cc1c[nH]c2ccccc12)NC(=O)[C@@H](N)Cc1cnc[nH]1)C(=O)NN(C(=O)N[C@H](Cc1ccccc1)C(=O)N[C@@H](CCCCN)C(N)=O)c1c[nH]c2ccccc12. The normalized spacial score (nSPS) is 13.6. The van der Waals surface area contributed by atoms with Gasteiger partial charge in [-0.25, -0.2) is 14.8 Å². The second-order valence-electron chi connectivity index (χ2n) is 15.2. The molecule has 330 valence electrons. The molecule has 0 fully saturated rings. The molecule has 19 heteroatoms. The number of rotatable bonds is 20. The number of carbonyl (C=O) groups is 6. The summed E-state index contributed by atoms with van der Waals surface area (Å²) in [5, 5.41) is 13.2. The number of urea groups is 1. The Morgan fingerprint density at radius 2 is 1.32 bits per heavy atom. The van der Waals surface area contributed by atoms with E-state index in [4.69, 9.17) is 17.2 Å². The summed E-state index contributed by atoms with van der Waals surface area (Å²) in [4.78, 5) is 95.4. The lowest BCUT2D eigenvalue weighted by atomic mass is 10.0. The second kappa shape index (κ2) is 21.3. The number of primary amides is 1. The number of carbonyl (C=O) groups excluding carboxylic acids is 6. The molecule has 7 amide bonds. The fourth-order valence-electron chi connectivity index (χ4n) is 7.11. The summed E-state index contributed by atoms with van der Waals surface area (Å²) < 4.78 is 0. The van der Waals surface area contributed by atoms with Gasteiger partial charge >= 0.3 is 6.03 Å². The van der Waals surface area contributed by atoms with Crippen LogP contribution in [0.3, 0.4) is 0 Å². The van der Waals surface area contributed by atoms with E-state index in [1.807, 2.05) is 30.3 Å². The molecule has 5 atom stereocenters. The van der Waals surface area contributed by atoms with Crippen molar-refractivity contribution in [1.29, 1.82) is 0 Å². The first-order valence-electron chi connectivity index (χ1n) is 20.6. The smallest absolute Gasteiger partial charge is 0.341 e. The summed E-state index contributed by atoms with van der Waals surface area (Å²) >= 11 is 0. The van der Waals surface area contributed by atoms with Crippen LogP contribution in [-0.2, 0) is 43.2 Å². The number of aromatic nitrogens is 4. The minimum Gasteiger partial charge on any atom is -0.368 e. The third-order valence-electron chi connectivity index (χ3n) is 10.6. The number of para-hydroxylation sites is 2. The first-order valence-corrected chi connectivity index (χ1v) is 20.6. The van der Waals surface area contributed by atoms with Gasteiger partial charge in [-0.3, -0.25) is 29.4 Å². The highest BCUT2D eigenvalue weighted by molar-refractivity contribution is 6.06. The third kappa shape index (κ3) is 11.9. The highest BCUT2D eigenvalue weighted by Gasteiger charge is 2.32. The number of hydrazine groups is 1. The zero-order valence-corrected chi connectivity index (χ0v) is 34.7. The van der Waals surface area contributed by atoms with Crippen molar-refractivity contribution in [2.45, 2.75) is 75.7 Å². The molecule has 63 heavy (non-hydrogen) atoms. The Kier molecular flexibility index (Phi) is 15.2. The molecule has 14 N–H and O–H groups in total. The first-order chi connectivity index (χ1) is 30.4. The van der Waals surface area contributed by atoms with Crippen molar-refractivity contribution in [2.24, 2.45) is 17.2 Å². The number of benzene rings is 3. The van der Waals surface area contributed by atoms with Crippen molar-refractivity contribution in [3.8, 4) is 0 Å². The number of hydrogen-bond acceptors (Lipinski definition) is 9. The van der Waals surface area contributed by atoms with Crippen LogP contribution in [0.5, 0.6) is 0 Å². The van der Waals surface area contributed by atoms with Crippen LogP contribution in [0.4, 0.5) is 10.5 Å². The van der Waals surface area contributed by atoms with Crippen LogP contribution in [0.2, 0.25) is 0 Å². The molecule has 3 aromatic carbocycles. The maximum absolute atomic E-state index is 14.4. The van der Waals surface area contributed by atoms with Crippen LogP contribution in [0.1, 0.15) is 43.0 Å². The largest absolute Gasteiger partial charge is 0.368 e. The molecule has 0 aliphatic carbocycles. The molecule has 0 saturated heterocycles. The highest BCUT2D eigenvalue weighted by atomic mass is 16.2. The lowest BCUT2D eigenvalue weighted by Gasteiger charge is -2.28. The Labute approximate surface area is 362 Å². The number of nitrogens with zero attached hydrogens (tertiary/aromatic N) is 2. The molecule has 19 nitrogen and oxygen atoms in total. The molecule has 3 aromatic heterocycles. The van der Waals surface area contributed by atoms with Gasteiger partial charge in [-0.15, -0.1) is 0 Å². The number of imidazole rings is 1. The first kappa shape index (κ1) is 45.0. The van der Waals surface area contributed by atoms with Crippen LogP contribution in [0.25, 0.3) is 21.8 Å². The summed E-state index contributed by atoms with van der Waals surface area (Å²) in [7, 11) is 0. The number of nitrogens with one attached hydrogen (secondary N) is 8. The molecule has 6 aromatic rings. The van der Waals surface area contributed by atoms with Crippen LogP contribution in [-0.4, -0.2) is 92.3 Å². The van der Waals surface area contributed by atoms with Crippen LogP contribution < -0.4 is 48.9 Å². The molecule has 0 aliphatic heterocycles. The predicted molar refractivity (Wildman–Crippen MR) is 237 cm³/mol. The summed E-state index contributed by atoms with van der Waals surface area (Å²) in [5.41, 5.74) is 23.9. The van der Waals surface area contributed by atoms with Gasteiger partial charge < -0.3 is 53.4 Å². The number of amides is 7. The van der Waals surface area contributed by atoms with E-state index < -0.39 is 65.8 Å². The Bertz CT molecular complexity index is 2500. The van der Waals surface area contributed by atoms with E-state index in [0.717, 1.165) is 21.5 Å². The number of aromatic amines is 3. The number of hydrogen-bond donors (Lipinski definition) is 11. The van der Waals surface area contributed by atoms with E-state index in [9.17, 15) is 28.8 Å². The average molecular weight is 860 g/mol. The summed E-state index contributed by atoms with van der Waals surface area (Å²) in [5.74, 6) is -3.52. The summed E-state index contributed by atoms with van der Waals surface area (Å²) in [6.07, 6.45) is 7.87. The van der Waals surface area contributed by atoms with Crippen LogP contribution >= 0.6 is 0 Å². The van der Waals surface area contributed by atoms with Gasteiger partial charge in [-0.2, -0.15) is 0 Å². The molecule has 0 aliphatic rings. The predicted octanol–water partition coefficient (Wildman–Crippen LogP) is 1.43. The molecule has 6 rings (SSSR count). The molecule has 0 bridgehead atoms. The van der Waals surface area contributed by atoms with Crippen molar-refractivity contribution >= 4 is 63.1 Å². The van der Waals surface area contributed by atoms with Gasteiger partial charge in [0.15, 0.2) is 0 Å².